The maximum atomic E-state index is 13.5. The van der Waals surface area contributed by atoms with E-state index in [1.807, 2.05) is 24.3 Å². The number of pyridine rings is 1. The number of hydrogen-bond donors (Lipinski definition) is 2. The van der Waals surface area contributed by atoms with Crippen molar-refractivity contribution in [2.75, 3.05) is 0 Å². The van der Waals surface area contributed by atoms with E-state index in [1.54, 1.807) is 12.3 Å². The van der Waals surface area contributed by atoms with E-state index in [1.165, 1.54) is 37.8 Å². The number of rotatable bonds is 3. The van der Waals surface area contributed by atoms with Crippen LogP contribution in [-0.4, -0.2) is 22.5 Å². The number of benzene rings is 1. The Kier molecular flexibility index (Phi) is 4.94. The van der Waals surface area contributed by atoms with Crippen molar-refractivity contribution < 1.29 is 9.18 Å². The van der Waals surface area contributed by atoms with Crippen LogP contribution < -0.4 is 11.1 Å². The van der Waals surface area contributed by atoms with Gasteiger partial charge in [-0.05, 0) is 54.5 Å². The molecule has 2 heterocycles. The Morgan fingerprint density at radius 3 is 2.83 bits per heavy atom. The molecule has 1 amide bonds. The Morgan fingerprint density at radius 1 is 1.17 bits per heavy atom. The number of carbonyl (C=O) groups excluding carboxylic acids is 1. The van der Waals surface area contributed by atoms with Crippen molar-refractivity contribution in [3.05, 3.63) is 60.2 Å². The molecule has 2 aromatic rings. The third-order valence-corrected chi connectivity index (χ3v) is 7.46. The van der Waals surface area contributed by atoms with Crippen LogP contribution in [0.15, 0.2) is 48.7 Å². The van der Waals surface area contributed by atoms with E-state index in [9.17, 15) is 9.18 Å². The Morgan fingerprint density at radius 2 is 2.03 bits per heavy atom. The summed E-state index contributed by atoms with van der Waals surface area (Å²) < 4.78 is 13.5. The van der Waals surface area contributed by atoms with Crippen LogP contribution in [0.2, 0.25) is 0 Å². The first-order valence-corrected chi connectivity index (χ1v) is 11.0. The topological polar surface area (TPSA) is 68.0 Å². The molecule has 5 heteroatoms. The molecule has 0 spiro atoms. The second-order valence-electron chi connectivity index (χ2n) is 9.22. The molecule has 4 nitrogen and oxygen atoms in total. The van der Waals surface area contributed by atoms with Crippen molar-refractivity contribution in [3.8, 4) is 11.1 Å². The fourth-order valence-electron chi connectivity index (χ4n) is 5.98. The van der Waals surface area contributed by atoms with Gasteiger partial charge in [0.1, 0.15) is 5.82 Å². The van der Waals surface area contributed by atoms with Crippen molar-refractivity contribution in [1.82, 2.24) is 10.3 Å². The summed E-state index contributed by atoms with van der Waals surface area (Å²) >= 11 is 0. The maximum Gasteiger partial charge on any atom is 0.222 e. The molecule has 5 rings (SSSR count). The number of nitrogens with zero attached hydrogens (tertiary/aromatic N) is 1. The highest BCUT2D eigenvalue weighted by atomic mass is 19.1. The summed E-state index contributed by atoms with van der Waals surface area (Å²) in [5.41, 5.74) is 8.94. The summed E-state index contributed by atoms with van der Waals surface area (Å²) in [6.45, 7) is 0. The van der Waals surface area contributed by atoms with Crippen LogP contribution in [0, 0.1) is 23.6 Å². The summed E-state index contributed by atoms with van der Waals surface area (Å²) in [4.78, 5) is 16.7. The van der Waals surface area contributed by atoms with Gasteiger partial charge in [0.2, 0.25) is 5.91 Å². The Bertz CT molecular complexity index is 973. The van der Waals surface area contributed by atoms with Crippen molar-refractivity contribution in [2.45, 2.75) is 50.1 Å². The molecule has 5 atom stereocenters. The van der Waals surface area contributed by atoms with Gasteiger partial charge in [-0.15, -0.1) is 0 Å². The van der Waals surface area contributed by atoms with Crippen molar-refractivity contribution >= 4 is 12.0 Å². The quantitative estimate of drug-likeness (QED) is 0.799. The predicted molar refractivity (Wildman–Crippen MR) is 116 cm³/mol. The van der Waals surface area contributed by atoms with Crippen LogP contribution in [0.4, 0.5) is 4.39 Å². The van der Waals surface area contributed by atoms with Gasteiger partial charge in [0.25, 0.3) is 0 Å². The van der Waals surface area contributed by atoms with Gasteiger partial charge in [0.05, 0.1) is 11.2 Å². The minimum atomic E-state index is -0.506. The van der Waals surface area contributed by atoms with Crippen LogP contribution in [-0.2, 0) is 4.79 Å². The van der Waals surface area contributed by atoms with E-state index >= 15 is 0 Å². The van der Waals surface area contributed by atoms with Gasteiger partial charge >= 0.3 is 0 Å². The number of hydrogen-bond acceptors (Lipinski definition) is 3. The van der Waals surface area contributed by atoms with Gasteiger partial charge in [-0.3, -0.25) is 9.78 Å². The Hall–Kier alpha value is -2.53. The Labute approximate surface area is 176 Å². The van der Waals surface area contributed by atoms with E-state index in [0.717, 1.165) is 23.2 Å². The van der Waals surface area contributed by atoms with E-state index in [2.05, 4.69) is 16.4 Å². The number of nitrogens with two attached hydrogens (primary N) is 1. The molecular formula is C25H28FN3O. The van der Waals surface area contributed by atoms with E-state index in [-0.39, 0.29) is 23.7 Å². The molecular weight excluding hydrogens is 377 g/mol. The van der Waals surface area contributed by atoms with Crippen molar-refractivity contribution in [2.24, 2.45) is 23.5 Å². The molecule has 1 aliphatic heterocycles. The van der Waals surface area contributed by atoms with Gasteiger partial charge < -0.3 is 11.1 Å². The van der Waals surface area contributed by atoms with Crippen LogP contribution in [0.5, 0.6) is 0 Å². The van der Waals surface area contributed by atoms with Gasteiger partial charge in [-0.2, -0.15) is 0 Å². The summed E-state index contributed by atoms with van der Waals surface area (Å²) in [7, 11) is 0. The first kappa shape index (κ1) is 19.4. The van der Waals surface area contributed by atoms with E-state index in [4.69, 9.17) is 5.73 Å². The van der Waals surface area contributed by atoms with Crippen LogP contribution in [0.25, 0.3) is 17.2 Å². The molecule has 3 N–H and O–H groups in total. The smallest absolute Gasteiger partial charge is 0.222 e. The summed E-state index contributed by atoms with van der Waals surface area (Å²) in [6.07, 6.45) is 12.4. The minimum Gasteiger partial charge on any atom is -0.351 e. The molecule has 0 radical (unpaired) electrons. The SMILES string of the molecule is N[C@]12CC(=O)N[C@H]1C[C@@H]1CCCC[C@H]1C2/C=C/c1ccc(-c2cccc(F)c2)cn1. The zero-order chi connectivity index (χ0) is 20.7. The number of amides is 1. The van der Waals surface area contributed by atoms with Gasteiger partial charge in [-0.25, -0.2) is 4.39 Å². The summed E-state index contributed by atoms with van der Waals surface area (Å²) in [5.74, 6) is 1.17. The lowest BCUT2D eigenvalue weighted by Gasteiger charge is -2.51. The molecule has 1 aromatic heterocycles. The zero-order valence-electron chi connectivity index (χ0n) is 17.1. The number of fused-ring (bicyclic) bond motifs is 2. The average molecular weight is 406 g/mol. The van der Waals surface area contributed by atoms with Crippen molar-refractivity contribution in [3.63, 3.8) is 0 Å². The first-order valence-electron chi connectivity index (χ1n) is 11.0. The molecule has 1 saturated heterocycles. The number of nitrogens with one attached hydrogen (secondary N) is 1. The van der Waals surface area contributed by atoms with Gasteiger partial charge in [0.15, 0.2) is 0 Å². The summed E-state index contributed by atoms with van der Waals surface area (Å²) in [5, 5.41) is 3.14. The predicted octanol–water partition coefficient (Wildman–Crippen LogP) is 4.31. The molecule has 3 fully saturated rings. The standard InChI is InChI=1S/C25H28FN3O/c26-19-6-3-5-16(12-19)18-8-9-20(28-15-18)10-11-22-21-7-2-1-4-17(21)13-23-25(22,27)14-24(30)29-23/h3,5-6,8-12,15,17,21-23H,1-2,4,7,13-14,27H2,(H,29,30)/b11-10+/t17-,21+,22?,23-,25-/m0/s1. The Balaban J connectivity index is 1.40. The van der Waals surface area contributed by atoms with E-state index < -0.39 is 5.54 Å². The van der Waals surface area contributed by atoms with Crippen LogP contribution >= 0.6 is 0 Å². The minimum absolute atomic E-state index is 0.0716. The highest BCUT2D eigenvalue weighted by molar-refractivity contribution is 5.81. The molecule has 1 unspecified atom stereocenters. The molecule has 3 aliphatic rings. The van der Waals surface area contributed by atoms with Gasteiger partial charge in [-0.1, -0.05) is 43.5 Å². The normalized spacial score (nSPS) is 33.2. The molecule has 0 bridgehead atoms. The molecule has 156 valence electrons. The lowest BCUT2D eigenvalue weighted by molar-refractivity contribution is -0.119. The number of halogens is 1. The highest BCUT2D eigenvalue weighted by Crippen LogP contribution is 2.50. The second kappa shape index (κ2) is 7.62. The van der Waals surface area contributed by atoms with Crippen molar-refractivity contribution in [1.29, 1.82) is 0 Å². The fourth-order valence-corrected chi connectivity index (χ4v) is 5.98. The molecule has 1 aromatic carbocycles. The molecule has 2 saturated carbocycles. The lowest BCUT2D eigenvalue weighted by atomic mass is 9.57. The third-order valence-electron chi connectivity index (χ3n) is 7.46. The largest absolute Gasteiger partial charge is 0.351 e. The summed E-state index contributed by atoms with van der Waals surface area (Å²) in [6, 6.07) is 10.5. The monoisotopic (exact) mass is 405 g/mol. The van der Waals surface area contributed by atoms with Crippen LogP contribution in [0.1, 0.15) is 44.2 Å². The zero-order valence-corrected chi connectivity index (χ0v) is 17.1. The van der Waals surface area contributed by atoms with Gasteiger partial charge in [0, 0.05) is 30.1 Å². The maximum absolute atomic E-state index is 13.5. The number of carbonyl (C=O) groups is 1. The molecule has 30 heavy (non-hydrogen) atoms. The first-order chi connectivity index (χ1) is 14.5. The van der Waals surface area contributed by atoms with Crippen LogP contribution in [0.3, 0.4) is 0 Å². The van der Waals surface area contributed by atoms with E-state index in [0.29, 0.717) is 18.3 Å². The lowest BCUT2D eigenvalue weighted by Crippen LogP contribution is -2.62. The average Bonchev–Trinajstić information content (AvgIpc) is 3.04. The fraction of sp³-hybridized carbons (Fsp3) is 0.440. The number of aromatic nitrogens is 1. The highest BCUT2D eigenvalue weighted by Gasteiger charge is 2.56. The molecule has 2 aliphatic carbocycles. The second-order valence-corrected chi connectivity index (χ2v) is 9.22. The third kappa shape index (κ3) is 3.45.